The molecule has 0 bridgehead atoms. The zero-order valence-electron chi connectivity index (χ0n) is 17.9. The molecule has 3 aromatic rings. The van der Waals surface area contributed by atoms with Gasteiger partial charge in [0, 0.05) is 16.1 Å². The SMILES string of the molecule is CCOC(=O)COc1c(OC)cc(C=Nn2c(C)nc3ccc(Br)cc3c2=O)cc1[N+](=O)[O-]. The van der Waals surface area contributed by atoms with Crippen molar-refractivity contribution >= 4 is 44.7 Å². The Kier molecular flexibility index (Phi) is 7.38. The summed E-state index contributed by atoms with van der Waals surface area (Å²) >= 11 is 3.33. The molecule has 0 saturated carbocycles. The summed E-state index contributed by atoms with van der Waals surface area (Å²) in [6.45, 7) is 2.88. The van der Waals surface area contributed by atoms with Crippen molar-refractivity contribution in [3.05, 3.63) is 66.7 Å². The van der Waals surface area contributed by atoms with Crippen molar-refractivity contribution in [1.29, 1.82) is 0 Å². The fourth-order valence-corrected chi connectivity index (χ4v) is 3.33. The number of carbonyl (C=O) groups is 1. The van der Waals surface area contributed by atoms with Crippen LogP contribution in [0, 0.1) is 17.0 Å². The normalized spacial score (nSPS) is 11.0. The number of benzene rings is 2. The van der Waals surface area contributed by atoms with Crippen LogP contribution in [0.15, 0.2) is 44.7 Å². The van der Waals surface area contributed by atoms with Gasteiger partial charge in [-0.2, -0.15) is 9.78 Å². The molecule has 3 rings (SSSR count). The summed E-state index contributed by atoms with van der Waals surface area (Å²) in [6, 6.07) is 7.75. The van der Waals surface area contributed by atoms with Crippen LogP contribution in [0.4, 0.5) is 5.69 Å². The summed E-state index contributed by atoms with van der Waals surface area (Å²) in [5.74, 6) is -0.551. The maximum absolute atomic E-state index is 12.9. The fourth-order valence-electron chi connectivity index (χ4n) is 2.97. The van der Waals surface area contributed by atoms with E-state index in [2.05, 4.69) is 26.0 Å². The van der Waals surface area contributed by atoms with Gasteiger partial charge in [0.2, 0.25) is 5.75 Å². The number of nitro groups is 1. The van der Waals surface area contributed by atoms with Gasteiger partial charge in [0.05, 0.1) is 35.8 Å². The first-order valence-corrected chi connectivity index (χ1v) is 10.4. The van der Waals surface area contributed by atoms with Gasteiger partial charge in [0.15, 0.2) is 12.4 Å². The van der Waals surface area contributed by atoms with Gasteiger partial charge in [-0.15, -0.1) is 0 Å². The molecule has 12 heteroatoms. The van der Waals surface area contributed by atoms with E-state index in [0.29, 0.717) is 21.2 Å². The number of aryl methyl sites for hydroxylation is 1. The zero-order chi connectivity index (χ0) is 24.1. The number of aromatic nitrogens is 2. The average molecular weight is 519 g/mol. The molecule has 2 aromatic carbocycles. The number of hydrogen-bond donors (Lipinski definition) is 0. The van der Waals surface area contributed by atoms with Crippen molar-refractivity contribution < 1.29 is 23.9 Å². The van der Waals surface area contributed by atoms with Crippen molar-refractivity contribution in [2.75, 3.05) is 20.3 Å². The van der Waals surface area contributed by atoms with E-state index in [1.165, 1.54) is 25.5 Å². The third kappa shape index (κ3) is 5.34. The van der Waals surface area contributed by atoms with E-state index in [0.717, 1.165) is 4.68 Å². The maximum atomic E-state index is 12.9. The van der Waals surface area contributed by atoms with Crippen LogP contribution in [0.2, 0.25) is 0 Å². The third-order valence-corrected chi connectivity index (χ3v) is 4.90. The van der Waals surface area contributed by atoms with Gasteiger partial charge >= 0.3 is 11.7 Å². The van der Waals surface area contributed by atoms with E-state index >= 15 is 0 Å². The molecular weight excluding hydrogens is 500 g/mol. The minimum atomic E-state index is -0.676. The molecule has 0 unspecified atom stereocenters. The van der Waals surface area contributed by atoms with Gasteiger partial charge in [0.25, 0.3) is 5.56 Å². The average Bonchev–Trinajstić information content (AvgIpc) is 2.78. The maximum Gasteiger partial charge on any atom is 0.344 e. The van der Waals surface area contributed by atoms with Gasteiger partial charge in [-0.05, 0) is 38.1 Å². The molecule has 1 aromatic heterocycles. The summed E-state index contributed by atoms with van der Waals surface area (Å²) in [5, 5.41) is 16.1. The Morgan fingerprint density at radius 3 is 2.76 bits per heavy atom. The Morgan fingerprint density at radius 2 is 2.09 bits per heavy atom. The van der Waals surface area contributed by atoms with Gasteiger partial charge in [-0.1, -0.05) is 15.9 Å². The number of halogens is 1. The minimum Gasteiger partial charge on any atom is -0.493 e. The highest BCUT2D eigenvalue weighted by Gasteiger charge is 2.23. The van der Waals surface area contributed by atoms with Crippen LogP contribution < -0.4 is 15.0 Å². The van der Waals surface area contributed by atoms with Crippen LogP contribution >= 0.6 is 15.9 Å². The van der Waals surface area contributed by atoms with Crippen molar-refractivity contribution in [3.63, 3.8) is 0 Å². The summed E-state index contributed by atoms with van der Waals surface area (Å²) in [6.07, 6.45) is 1.27. The topological polar surface area (TPSA) is 135 Å². The molecule has 1 heterocycles. The number of fused-ring (bicyclic) bond motifs is 1. The van der Waals surface area contributed by atoms with Crippen molar-refractivity contribution in [1.82, 2.24) is 9.66 Å². The lowest BCUT2D eigenvalue weighted by molar-refractivity contribution is -0.385. The van der Waals surface area contributed by atoms with Gasteiger partial charge < -0.3 is 14.2 Å². The molecule has 0 saturated heterocycles. The Hall–Kier alpha value is -3.80. The second-order valence-corrected chi connectivity index (χ2v) is 7.52. The third-order valence-electron chi connectivity index (χ3n) is 4.41. The molecule has 0 radical (unpaired) electrons. The summed E-state index contributed by atoms with van der Waals surface area (Å²) in [5.41, 5.74) is -0.0501. The molecule has 172 valence electrons. The lowest BCUT2D eigenvalue weighted by Crippen LogP contribution is -2.20. The van der Waals surface area contributed by atoms with E-state index in [9.17, 15) is 19.7 Å². The summed E-state index contributed by atoms with van der Waals surface area (Å²) in [7, 11) is 1.30. The standard InChI is InChI=1S/C21H19BrN4O7/c1-4-32-19(27)11-33-20-17(26(29)30)7-13(8-18(20)31-3)10-23-25-12(2)24-16-6-5-14(22)9-15(16)21(25)28/h5-10H,4,11H2,1-3H3. The number of rotatable bonds is 8. The molecule has 0 aliphatic rings. The highest BCUT2D eigenvalue weighted by atomic mass is 79.9. The number of carbonyl (C=O) groups excluding carboxylic acids is 1. The predicted octanol–water partition coefficient (Wildman–Crippen LogP) is 3.21. The second-order valence-electron chi connectivity index (χ2n) is 6.60. The van der Waals surface area contributed by atoms with Crippen LogP contribution in [0.5, 0.6) is 11.5 Å². The monoisotopic (exact) mass is 518 g/mol. The molecule has 0 atom stereocenters. The Morgan fingerprint density at radius 1 is 1.33 bits per heavy atom. The lowest BCUT2D eigenvalue weighted by Gasteiger charge is -2.11. The Bertz CT molecular complexity index is 1320. The number of nitrogens with zero attached hydrogens (tertiary/aromatic N) is 4. The van der Waals surface area contributed by atoms with Gasteiger partial charge in [-0.25, -0.2) is 9.78 Å². The zero-order valence-corrected chi connectivity index (χ0v) is 19.5. The fraction of sp³-hybridized carbons (Fsp3) is 0.238. The van der Waals surface area contributed by atoms with Crippen molar-refractivity contribution in [2.24, 2.45) is 5.10 Å². The van der Waals surface area contributed by atoms with E-state index in [4.69, 9.17) is 14.2 Å². The molecule has 11 nitrogen and oxygen atoms in total. The van der Waals surface area contributed by atoms with E-state index in [1.807, 2.05) is 0 Å². The summed E-state index contributed by atoms with van der Waals surface area (Å²) in [4.78, 5) is 39.8. The Labute approximate surface area is 195 Å². The smallest absolute Gasteiger partial charge is 0.344 e. The van der Waals surface area contributed by atoms with Crippen molar-refractivity contribution in [2.45, 2.75) is 13.8 Å². The first-order valence-electron chi connectivity index (χ1n) is 9.63. The first-order chi connectivity index (χ1) is 15.7. The summed E-state index contributed by atoms with van der Waals surface area (Å²) < 4.78 is 17.1. The van der Waals surface area contributed by atoms with Crippen LogP contribution in [0.25, 0.3) is 10.9 Å². The number of methoxy groups -OCH3 is 1. The molecule has 0 aliphatic carbocycles. The van der Waals surface area contributed by atoms with Crippen LogP contribution in [-0.2, 0) is 9.53 Å². The molecule has 0 fully saturated rings. The van der Waals surface area contributed by atoms with Crippen LogP contribution in [0.1, 0.15) is 18.3 Å². The van der Waals surface area contributed by atoms with E-state index < -0.39 is 28.7 Å². The highest BCUT2D eigenvalue weighted by Crippen LogP contribution is 2.38. The largest absolute Gasteiger partial charge is 0.493 e. The number of ether oxygens (including phenoxy) is 3. The molecule has 33 heavy (non-hydrogen) atoms. The van der Waals surface area contributed by atoms with Crippen molar-refractivity contribution in [3.8, 4) is 11.5 Å². The quantitative estimate of drug-likeness (QED) is 0.192. The first kappa shape index (κ1) is 23.9. The molecule has 0 amide bonds. The second kappa shape index (κ2) is 10.2. The number of hydrogen-bond acceptors (Lipinski definition) is 9. The van der Waals surface area contributed by atoms with E-state index in [1.54, 1.807) is 32.0 Å². The van der Waals surface area contributed by atoms with E-state index in [-0.39, 0.29) is 23.7 Å². The number of esters is 1. The highest BCUT2D eigenvalue weighted by molar-refractivity contribution is 9.10. The van der Waals surface area contributed by atoms with Crippen LogP contribution in [-0.4, -0.2) is 47.1 Å². The molecular formula is C21H19BrN4O7. The van der Waals surface area contributed by atoms with Crippen LogP contribution in [0.3, 0.4) is 0 Å². The predicted molar refractivity (Wildman–Crippen MR) is 123 cm³/mol. The Balaban J connectivity index is 2.02. The minimum absolute atomic E-state index is 0.0135. The molecule has 0 aliphatic heterocycles. The van der Waals surface area contributed by atoms with Gasteiger partial charge in [0.1, 0.15) is 5.82 Å². The molecule has 0 N–H and O–H groups in total. The van der Waals surface area contributed by atoms with Gasteiger partial charge in [-0.3, -0.25) is 14.9 Å². The number of nitro benzene ring substituents is 1. The lowest BCUT2D eigenvalue weighted by atomic mass is 10.2. The molecule has 0 spiro atoms.